The van der Waals surface area contributed by atoms with Gasteiger partial charge in [0.1, 0.15) is 0 Å². The largest absolute Gasteiger partial charge is 0.204 e. The fraction of sp³-hybridized carbons (Fsp3) is 0.727. The van der Waals surface area contributed by atoms with Crippen LogP contribution in [-0.4, -0.2) is 0 Å². The quantitative estimate of drug-likeness (QED) is 0.296. The summed E-state index contributed by atoms with van der Waals surface area (Å²) in [5, 5.41) is 0. The predicted molar refractivity (Wildman–Crippen MR) is 98.2 cm³/mol. The van der Waals surface area contributed by atoms with Gasteiger partial charge in [0.25, 0.3) is 0 Å². The van der Waals surface area contributed by atoms with E-state index in [1.807, 2.05) is 0 Å². The fourth-order valence-electron chi connectivity index (χ4n) is 4.16. The summed E-state index contributed by atoms with van der Waals surface area (Å²) in [6.07, 6.45) is 16.3. The molecule has 0 aliphatic heterocycles. The van der Waals surface area contributed by atoms with Crippen LogP contribution in [0, 0.1) is 23.4 Å². The molecule has 1 fully saturated rings. The van der Waals surface area contributed by atoms with Gasteiger partial charge in [0.05, 0.1) is 0 Å². The summed E-state index contributed by atoms with van der Waals surface area (Å²) < 4.78 is 39.9. The number of benzene rings is 1. The standard InChI is InChI=1S/C22H33F3/c1-2-3-4-5-6-7-8-9-10-17-11-13-18(14-12-17)19-15-20(23)22(25)21(24)16-19/h15-18H,2-14H2,1H3/t17-,18-. The van der Waals surface area contributed by atoms with Crippen molar-refractivity contribution in [3.63, 3.8) is 0 Å². The van der Waals surface area contributed by atoms with E-state index in [1.165, 1.54) is 69.9 Å². The lowest BCUT2D eigenvalue weighted by atomic mass is 9.77. The van der Waals surface area contributed by atoms with Crippen LogP contribution in [0.4, 0.5) is 13.2 Å². The minimum atomic E-state index is -1.35. The molecule has 0 nitrogen and oxygen atoms in total. The summed E-state index contributed by atoms with van der Waals surface area (Å²) in [5.74, 6) is -2.54. The van der Waals surface area contributed by atoms with Gasteiger partial charge in [-0.1, -0.05) is 64.7 Å². The zero-order chi connectivity index (χ0) is 18.1. The second kappa shape index (κ2) is 10.9. The molecule has 0 N–H and O–H groups in total. The third-order valence-corrected chi connectivity index (χ3v) is 5.79. The van der Waals surface area contributed by atoms with Gasteiger partial charge >= 0.3 is 0 Å². The second-order valence-electron chi connectivity index (χ2n) is 7.78. The maximum absolute atomic E-state index is 13.4. The maximum atomic E-state index is 13.4. The number of hydrogen-bond donors (Lipinski definition) is 0. The molecule has 1 aromatic carbocycles. The summed E-state index contributed by atoms with van der Waals surface area (Å²) in [5.41, 5.74) is 0.627. The van der Waals surface area contributed by atoms with Gasteiger partial charge in [-0.3, -0.25) is 0 Å². The molecule has 0 heterocycles. The Hall–Kier alpha value is -0.990. The highest BCUT2D eigenvalue weighted by atomic mass is 19.2. The molecular formula is C22H33F3. The second-order valence-corrected chi connectivity index (χ2v) is 7.78. The van der Waals surface area contributed by atoms with Crippen LogP contribution in [-0.2, 0) is 0 Å². The van der Waals surface area contributed by atoms with Gasteiger partial charge in [-0.05, 0) is 55.2 Å². The van der Waals surface area contributed by atoms with Crippen molar-refractivity contribution < 1.29 is 13.2 Å². The zero-order valence-corrected chi connectivity index (χ0v) is 15.6. The van der Waals surface area contributed by atoms with Gasteiger partial charge in [0.15, 0.2) is 17.5 Å². The van der Waals surface area contributed by atoms with Crippen LogP contribution in [0.3, 0.4) is 0 Å². The van der Waals surface area contributed by atoms with E-state index in [4.69, 9.17) is 0 Å². The Balaban J connectivity index is 1.62. The van der Waals surface area contributed by atoms with Crippen molar-refractivity contribution in [1.82, 2.24) is 0 Å². The molecule has 2 rings (SSSR count). The van der Waals surface area contributed by atoms with Gasteiger partial charge in [0.2, 0.25) is 0 Å². The van der Waals surface area contributed by atoms with Crippen LogP contribution in [0.5, 0.6) is 0 Å². The molecule has 0 atom stereocenters. The Morgan fingerprint density at radius 3 is 1.84 bits per heavy atom. The maximum Gasteiger partial charge on any atom is 0.194 e. The van der Waals surface area contributed by atoms with E-state index in [-0.39, 0.29) is 5.92 Å². The van der Waals surface area contributed by atoms with Gasteiger partial charge in [-0.25, -0.2) is 13.2 Å². The summed E-state index contributed by atoms with van der Waals surface area (Å²) >= 11 is 0. The third-order valence-electron chi connectivity index (χ3n) is 5.79. The van der Waals surface area contributed by atoms with Gasteiger partial charge < -0.3 is 0 Å². The highest BCUT2D eigenvalue weighted by molar-refractivity contribution is 5.23. The first-order valence-corrected chi connectivity index (χ1v) is 10.3. The fourth-order valence-corrected chi connectivity index (χ4v) is 4.16. The van der Waals surface area contributed by atoms with E-state index in [9.17, 15) is 13.2 Å². The van der Waals surface area contributed by atoms with Crippen molar-refractivity contribution in [2.75, 3.05) is 0 Å². The molecule has 0 aromatic heterocycles. The summed E-state index contributed by atoms with van der Waals surface area (Å²) in [6, 6.07) is 2.36. The van der Waals surface area contributed by atoms with E-state index in [1.54, 1.807) is 0 Å². The van der Waals surface area contributed by atoms with E-state index >= 15 is 0 Å². The van der Waals surface area contributed by atoms with Crippen molar-refractivity contribution >= 4 is 0 Å². The molecule has 1 aromatic rings. The van der Waals surface area contributed by atoms with Crippen LogP contribution in [0.2, 0.25) is 0 Å². The van der Waals surface area contributed by atoms with Crippen molar-refractivity contribution in [3.05, 3.63) is 35.1 Å². The highest BCUT2D eigenvalue weighted by Gasteiger charge is 2.24. The molecule has 0 saturated heterocycles. The lowest BCUT2D eigenvalue weighted by Crippen LogP contribution is -2.14. The molecule has 0 radical (unpaired) electrons. The Bertz CT molecular complexity index is 481. The molecule has 1 saturated carbocycles. The monoisotopic (exact) mass is 354 g/mol. The van der Waals surface area contributed by atoms with Crippen molar-refractivity contribution in [2.45, 2.75) is 96.3 Å². The zero-order valence-electron chi connectivity index (χ0n) is 15.6. The Morgan fingerprint density at radius 1 is 0.760 bits per heavy atom. The molecule has 3 heteroatoms. The molecule has 1 aliphatic carbocycles. The topological polar surface area (TPSA) is 0 Å². The third kappa shape index (κ3) is 6.67. The molecule has 25 heavy (non-hydrogen) atoms. The van der Waals surface area contributed by atoms with Crippen molar-refractivity contribution in [2.24, 2.45) is 5.92 Å². The molecular weight excluding hydrogens is 321 g/mol. The minimum Gasteiger partial charge on any atom is -0.204 e. The van der Waals surface area contributed by atoms with E-state index in [0.717, 1.165) is 31.6 Å². The van der Waals surface area contributed by atoms with Gasteiger partial charge in [-0.2, -0.15) is 0 Å². The number of unbranched alkanes of at least 4 members (excludes halogenated alkanes) is 7. The summed E-state index contributed by atoms with van der Waals surface area (Å²) in [7, 11) is 0. The Morgan fingerprint density at radius 2 is 1.28 bits per heavy atom. The number of hydrogen-bond acceptors (Lipinski definition) is 0. The molecule has 0 amide bonds. The predicted octanol–water partition coefficient (Wildman–Crippen LogP) is 7.91. The Labute approximate surface area is 151 Å². The molecule has 0 spiro atoms. The van der Waals surface area contributed by atoms with Crippen LogP contribution < -0.4 is 0 Å². The van der Waals surface area contributed by atoms with E-state index in [0.29, 0.717) is 5.56 Å². The Kier molecular flexibility index (Phi) is 8.84. The van der Waals surface area contributed by atoms with Gasteiger partial charge in [0, 0.05) is 0 Å². The lowest BCUT2D eigenvalue weighted by molar-refractivity contribution is 0.300. The van der Waals surface area contributed by atoms with E-state index < -0.39 is 17.5 Å². The highest BCUT2D eigenvalue weighted by Crippen LogP contribution is 2.38. The lowest BCUT2D eigenvalue weighted by Gasteiger charge is -2.29. The van der Waals surface area contributed by atoms with Crippen molar-refractivity contribution in [1.29, 1.82) is 0 Å². The van der Waals surface area contributed by atoms with Crippen LogP contribution in [0.15, 0.2) is 12.1 Å². The SMILES string of the molecule is CCCCCCCCCC[C@H]1CC[C@H](c2cc(F)c(F)c(F)c2)CC1. The van der Waals surface area contributed by atoms with Crippen LogP contribution in [0.1, 0.15) is 102 Å². The molecule has 0 unspecified atom stereocenters. The number of rotatable bonds is 10. The average molecular weight is 355 g/mol. The average Bonchev–Trinajstić information content (AvgIpc) is 2.62. The van der Waals surface area contributed by atoms with Gasteiger partial charge in [-0.15, -0.1) is 0 Å². The normalized spacial score (nSPS) is 20.8. The number of halogens is 3. The van der Waals surface area contributed by atoms with Crippen LogP contribution in [0.25, 0.3) is 0 Å². The van der Waals surface area contributed by atoms with Crippen LogP contribution >= 0.6 is 0 Å². The van der Waals surface area contributed by atoms with E-state index in [2.05, 4.69) is 6.92 Å². The first kappa shape index (κ1) is 20.3. The molecule has 1 aliphatic rings. The minimum absolute atomic E-state index is 0.180. The summed E-state index contributed by atoms with van der Waals surface area (Å²) in [6.45, 7) is 2.25. The smallest absolute Gasteiger partial charge is 0.194 e. The first-order chi connectivity index (χ1) is 12.1. The first-order valence-electron chi connectivity index (χ1n) is 10.3. The molecule has 0 bridgehead atoms. The molecule has 142 valence electrons. The summed E-state index contributed by atoms with van der Waals surface area (Å²) in [4.78, 5) is 0. The van der Waals surface area contributed by atoms with Crippen molar-refractivity contribution in [3.8, 4) is 0 Å².